The van der Waals surface area contributed by atoms with Gasteiger partial charge in [-0.15, -0.1) is 0 Å². The summed E-state index contributed by atoms with van der Waals surface area (Å²) in [5.41, 5.74) is 0. The molecule has 0 radical (unpaired) electrons. The monoisotopic (exact) mass is 269 g/mol. The number of fused-ring (bicyclic) bond motifs is 2. The van der Waals surface area contributed by atoms with E-state index in [1.807, 2.05) is 0 Å². The van der Waals surface area contributed by atoms with Crippen molar-refractivity contribution in [2.75, 3.05) is 0 Å². The SMILES string of the molecule is Fc1ccc(O[C@@H]2C[C@H]3CCC[C@@H](C2)N3)cc1Cl. The first-order valence-electron chi connectivity index (χ1n) is 6.58. The van der Waals surface area contributed by atoms with E-state index in [-0.39, 0.29) is 11.1 Å². The maximum Gasteiger partial charge on any atom is 0.142 e. The zero-order chi connectivity index (χ0) is 12.5. The van der Waals surface area contributed by atoms with Crippen molar-refractivity contribution in [1.82, 2.24) is 5.32 Å². The molecule has 98 valence electrons. The molecule has 4 heteroatoms. The van der Waals surface area contributed by atoms with E-state index in [1.165, 1.54) is 25.3 Å². The lowest BCUT2D eigenvalue weighted by atomic mass is 9.85. The molecule has 2 heterocycles. The van der Waals surface area contributed by atoms with Gasteiger partial charge in [0.2, 0.25) is 0 Å². The molecule has 0 saturated carbocycles. The Hall–Kier alpha value is -0.800. The number of piperidine rings is 2. The third kappa shape index (κ3) is 2.62. The molecule has 0 amide bonds. The molecule has 0 aromatic heterocycles. The van der Waals surface area contributed by atoms with Gasteiger partial charge in [0.15, 0.2) is 0 Å². The summed E-state index contributed by atoms with van der Waals surface area (Å²) in [6.07, 6.45) is 6.08. The van der Waals surface area contributed by atoms with Crippen molar-refractivity contribution >= 4 is 11.6 Å². The third-order valence-corrected chi connectivity index (χ3v) is 4.15. The standard InChI is InChI=1S/C14H17ClFNO/c15-13-8-11(4-5-14(13)16)18-12-6-9-2-1-3-10(7-12)17-9/h4-5,8-10,12,17H,1-3,6-7H2/t9-,10+,12-. The van der Waals surface area contributed by atoms with Crippen molar-refractivity contribution in [3.05, 3.63) is 29.0 Å². The van der Waals surface area contributed by atoms with E-state index in [0.717, 1.165) is 12.8 Å². The molecule has 2 aliphatic rings. The number of hydrogen-bond acceptors (Lipinski definition) is 2. The molecule has 3 atom stereocenters. The van der Waals surface area contributed by atoms with Crippen LogP contribution in [0.25, 0.3) is 0 Å². The lowest BCUT2D eigenvalue weighted by molar-refractivity contribution is 0.0927. The van der Waals surface area contributed by atoms with E-state index in [4.69, 9.17) is 16.3 Å². The van der Waals surface area contributed by atoms with Gasteiger partial charge in [-0.25, -0.2) is 4.39 Å². The molecule has 1 aromatic rings. The van der Waals surface area contributed by atoms with Crippen molar-refractivity contribution in [2.45, 2.75) is 50.3 Å². The Morgan fingerprint density at radius 1 is 1.22 bits per heavy atom. The van der Waals surface area contributed by atoms with Crippen LogP contribution in [0.1, 0.15) is 32.1 Å². The van der Waals surface area contributed by atoms with Crippen LogP contribution >= 0.6 is 11.6 Å². The number of nitrogens with one attached hydrogen (secondary N) is 1. The predicted molar refractivity (Wildman–Crippen MR) is 69.6 cm³/mol. The van der Waals surface area contributed by atoms with Crippen LogP contribution in [0, 0.1) is 5.82 Å². The Labute approximate surface area is 111 Å². The van der Waals surface area contributed by atoms with Gasteiger partial charge in [-0.1, -0.05) is 18.0 Å². The number of hydrogen-bond donors (Lipinski definition) is 1. The second kappa shape index (κ2) is 5.06. The maximum atomic E-state index is 13.1. The van der Waals surface area contributed by atoms with E-state index < -0.39 is 5.82 Å². The Bertz CT molecular complexity index is 428. The summed E-state index contributed by atoms with van der Waals surface area (Å²) in [7, 11) is 0. The average molecular weight is 270 g/mol. The van der Waals surface area contributed by atoms with Crippen molar-refractivity contribution in [3.8, 4) is 5.75 Å². The summed E-state index contributed by atoms with van der Waals surface area (Å²) in [6.45, 7) is 0. The van der Waals surface area contributed by atoms with Gasteiger partial charge >= 0.3 is 0 Å². The maximum absolute atomic E-state index is 13.1. The highest BCUT2D eigenvalue weighted by atomic mass is 35.5. The summed E-state index contributed by atoms with van der Waals surface area (Å²) >= 11 is 5.76. The Morgan fingerprint density at radius 2 is 1.94 bits per heavy atom. The lowest BCUT2D eigenvalue weighted by Crippen LogP contribution is -2.51. The molecule has 2 saturated heterocycles. The number of benzene rings is 1. The molecule has 0 unspecified atom stereocenters. The van der Waals surface area contributed by atoms with Crippen molar-refractivity contribution in [2.24, 2.45) is 0 Å². The molecule has 3 rings (SSSR count). The molecular weight excluding hydrogens is 253 g/mol. The average Bonchev–Trinajstić information content (AvgIpc) is 2.33. The molecule has 1 N–H and O–H groups in total. The van der Waals surface area contributed by atoms with Gasteiger partial charge < -0.3 is 10.1 Å². The van der Waals surface area contributed by atoms with Gasteiger partial charge in [0.25, 0.3) is 0 Å². The van der Waals surface area contributed by atoms with Crippen LogP contribution < -0.4 is 10.1 Å². The number of halogens is 2. The van der Waals surface area contributed by atoms with E-state index in [0.29, 0.717) is 17.8 Å². The highest BCUT2D eigenvalue weighted by Crippen LogP contribution is 2.29. The molecular formula is C14H17ClFNO. The van der Waals surface area contributed by atoms with Gasteiger partial charge in [-0.05, 0) is 37.8 Å². The van der Waals surface area contributed by atoms with E-state index >= 15 is 0 Å². The first kappa shape index (κ1) is 12.2. The minimum absolute atomic E-state index is 0.127. The zero-order valence-corrected chi connectivity index (χ0v) is 10.9. The first-order valence-corrected chi connectivity index (χ1v) is 6.96. The number of rotatable bonds is 2. The van der Waals surface area contributed by atoms with Crippen molar-refractivity contribution in [1.29, 1.82) is 0 Å². The lowest BCUT2D eigenvalue weighted by Gasteiger charge is -2.40. The second-order valence-corrected chi connectivity index (χ2v) is 5.69. The van der Waals surface area contributed by atoms with Gasteiger partial charge in [0.05, 0.1) is 5.02 Å². The summed E-state index contributed by atoms with van der Waals surface area (Å²) in [4.78, 5) is 0. The fourth-order valence-corrected chi connectivity index (χ4v) is 3.22. The van der Waals surface area contributed by atoms with Crippen LogP contribution in [-0.4, -0.2) is 18.2 Å². The van der Waals surface area contributed by atoms with E-state index in [9.17, 15) is 4.39 Å². The largest absolute Gasteiger partial charge is 0.490 e. The van der Waals surface area contributed by atoms with Gasteiger partial charge in [-0.3, -0.25) is 0 Å². The quantitative estimate of drug-likeness (QED) is 0.887. The molecule has 2 bridgehead atoms. The van der Waals surface area contributed by atoms with Crippen LogP contribution in [0.2, 0.25) is 5.02 Å². The Kier molecular flexibility index (Phi) is 3.44. The summed E-state index contributed by atoms with van der Waals surface area (Å²) in [6, 6.07) is 5.74. The number of ether oxygens (including phenoxy) is 1. The summed E-state index contributed by atoms with van der Waals surface area (Å²) in [5, 5.41) is 3.75. The minimum Gasteiger partial charge on any atom is -0.490 e. The Morgan fingerprint density at radius 3 is 2.61 bits per heavy atom. The van der Waals surface area contributed by atoms with Crippen LogP contribution in [-0.2, 0) is 0 Å². The van der Waals surface area contributed by atoms with Crippen LogP contribution in [0.5, 0.6) is 5.75 Å². The van der Waals surface area contributed by atoms with Crippen molar-refractivity contribution in [3.63, 3.8) is 0 Å². The zero-order valence-electron chi connectivity index (χ0n) is 10.2. The minimum atomic E-state index is -0.397. The normalized spacial score (nSPS) is 31.1. The van der Waals surface area contributed by atoms with E-state index in [1.54, 1.807) is 12.1 Å². The van der Waals surface area contributed by atoms with Crippen LogP contribution in [0.4, 0.5) is 4.39 Å². The fourth-order valence-electron chi connectivity index (χ4n) is 3.05. The smallest absolute Gasteiger partial charge is 0.142 e. The van der Waals surface area contributed by atoms with Gasteiger partial charge in [0.1, 0.15) is 17.7 Å². The van der Waals surface area contributed by atoms with Crippen molar-refractivity contribution < 1.29 is 9.13 Å². The molecule has 2 nitrogen and oxygen atoms in total. The van der Waals surface area contributed by atoms with Crippen LogP contribution in [0.3, 0.4) is 0 Å². The molecule has 18 heavy (non-hydrogen) atoms. The summed E-state index contributed by atoms with van der Waals surface area (Å²) in [5.74, 6) is 0.276. The topological polar surface area (TPSA) is 21.3 Å². The molecule has 1 aromatic carbocycles. The highest BCUT2D eigenvalue weighted by Gasteiger charge is 2.32. The molecule has 0 aliphatic carbocycles. The molecule has 2 aliphatic heterocycles. The van der Waals surface area contributed by atoms with E-state index in [2.05, 4.69) is 5.32 Å². The third-order valence-electron chi connectivity index (χ3n) is 3.87. The predicted octanol–water partition coefficient (Wildman–Crippen LogP) is 3.53. The van der Waals surface area contributed by atoms with Crippen LogP contribution in [0.15, 0.2) is 18.2 Å². The van der Waals surface area contributed by atoms with Gasteiger partial charge in [0, 0.05) is 18.2 Å². The highest BCUT2D eigenvalue weighted by molar-refractivity contribution is 6.30. The molecule has 0 spiro atoms. The fraction of sp³-hybridized carbons (Fsp3) is 0.571. The molecule has 2 fully saturated rings. The van der Waals surface area contributed by atoms with Gasteiger partial charge in [-0.2, -0.15) is 0 Å². The first-order chi connectivity index (χ1) is 8.70. The summed E-state index contributed by atoms with van der Waals surface area (Å²) < 4.78 is 19.0. The Balaban J connectivity index is 1.67. The second-order valence-electron chi connectivity index (χ2n) is 5.28.